The molecule has 1 aromatic rings. The Balaban J connectivity index is 2.90. The van der Waals surface area contributed by atoms with Crippen LogP contribution in [0.5, 0.6) is 0 Å². The molecule has 0 atom stereocenters. The van der Waals surface area contributed by atoms with Crippen molar-refractivity contribution in [2.45, 2.75) is 33.3 Å². The van der Waals surface area contributed by atoms with Crippen molar-refractivity contribution in [1.29, 1.82) is 0 Å². The average molecular weight is 305 g/mol. The fourth-order valence-electron chi connectivity index (χ4n) is 1.35. The fraction of sp³-hybridized carbons (Fsp3) is 0.636. The Labute approximate surface area is 110 Å². The summed E-state index contributed by atoms with van der Waals surface area (Å²) < 4.78 is 6.54. The minimum Gasteiger partial charge on any atom is -0.378 e. The maximum atomic E-state index is 5.19. The average Bonchev–Trinajstić information content (AvgIpc) is 2.22. The molecule has 0 aliphatic rings. The molecular weight excluding hydrogens is 288 g/mol. The van der Waals surface area contributed by atoms with Crippen LogP contribution in [0.25, 0.3) is 0 Å². The van der Waals surface area contributed by atoms with Gasteiger partial charge >= 0.3 is 0 Å². The van der Waals surface area contributed by atoms with Crippen molar-refractivity contribution in [2.75, 3.05) is 7.11 Å². The summed E-state index contributed by atoms with van der Waals surface area (Å²) in [7, 11) is 1.66. The number of hydrogen-bond acceptors (Lipinski definition) is 3. The summed E-state index contributed by atoms with van der Waals surface area (Å²) in [6.45, 7) is 4.91. The minimum atomic E-state index is 0.515. The van der Waals surface area contributed by atoms with E-state index in [1.165, 1.54) is 0 Å². The zero-order chi connectivity index (χ0) is 12.1. The lowest BCUT2D eigenvalue weighted by Gasteiger charge is -2.08. The Kier molecular flexibility index (Phi) is 5.58. The molecule has 1 aromatic heterocycles. The van der Waals surface area contributed by atoms with Crippen LogP contribution in [0.1, 0.15) is 31.8 Å². The summed E-state index contributed by atoms with van der Waals surface area (Å²) >= 11 is 8.61. The van der Waals surface area contributed by atoms with Crippen molar-refractivity contribution >= 4 is 28.1 Å². The first-order valence-corrected chi connectivity index (χ1v) is 6.51. The van der Waals surface area contributed by atoms with Crippen LogP contribution in [0, 0.1) is 10.6 Å². The second kappa shape index (κ2) is 6.47. The van der Waals surface area contributed by atoms with E-state index in [1.54, 1.807) is 7.11 Å². The highest BCUT2D eigenvalue weighted by Gasteiger charge is 2.06. The van der Waals surface area contributed by atoms with Crippen LogP contribution < -0.4 is 0 Å². The summed E-state index contributed by atoms with van der Waals surface area (Å²) in [6.07, 6.45) is 2.03. The van der Waals surface area contributed by atoms with Gasteiger partial charge in [0.15, 0.2) is 0 Å². The van der Waals surface area contributed by atoms with E-state index in [0.29, 0.717) is 17.2 Å². The third-order valence-electron chi connectivity index (χ3n) is 2.23. The van der Waals surface area contributed by atoms with E-state index < -0.39 is 0 Å². The third-order valence-corrected chi connectivity index (χ3v) is 3.64. The molecule has 0 saturated heterocycles. The first-order valence-electron chi connectivity index (χ1n) is 5.31. The molecule has 0 amide bonds. The maximum Gasteiger partial charge on any atom is 0.144 e. The molecule has 0 saturated carbocycles. The van der Waals surface area contributed by atoms with E-state index >= 15 is 0 Å². The zero-order valence-corrected chi connectivity index (χ0v) is 12.2. The number of aryl methyl sites for hydroxylation is 1. The van der Waals surface area contributed by atoms with Gasteiger partial charge in [-0.2, -0.15) is 0 Å². The Morgan fingerprint density at radius 1 is 1.50 bits per heavy atom. The number of ether oxygens (including phenoxy) is 1. The summed E-state index contributed by atoms with van der Waals surface area (Å²) in [4.78, 5) is 7.60. The summed E-state index contributed by atoms with van der Waals surface area (Å²) in [5, 5.41) is 0. The predicted molar refractivity (Wildman–Crippen MR) is 71.0 cm³/mol. The lowest BCUT2D eigenvalue weighted by Crippen LogP contribution is -2.04. The molecule has 90 valence electrons. The number of hydrogen-bond donors (Lipinski definition) is 1. The molecule has 5 heteroatoms. The molecule has 1 N–H and O–H groups in total. The first-order chi connectivity index (χ1) is 7.54. The molecule has 0 bridgehead atoms. The normalized spacial score (nSPS) is 11.1. The van der Waals surface area contributed by atoms with Gasteiger partial charge in [-0.1, -0.05) is 26.1 Å². The highest BCUT2D eigenvalue weighted by molar-refractivity contribution is 9.10. The van der Waals surface area contributed by atoms with Crippen molar-refractivity contribution in [3.63, 3.8) is 0 Å². The van der Waals surface area contributed by atoms with E-state index in [1.807, 2.05) is 0 Å². The summed E-state index contributed by atoms with van der Waals surface area (Å²) in [6, 6.07) is 0. The number of H-pyrrole nitrogens is 1. The van der Waals surface area contributed by atoms with E-state index in [4.69, 9.17) is 17.0 Å². The largest absolute Gasteiger partial charge is 0.378 e. The molecule has 0 aliphatic heterocycles. The van der Waals surface area contributed by atoms with Gasteiger partial charge < -0.3 is 9.72 Å². The Bertz CT molecular complexity index is 403. The lowest BCUT2D eigenvalue weighted by molar-refractivity contribution is 0.180. The van der Waals surface area contributed by atoms with Crippen LogP contribution in [0.2, 0.25) is 0 Å². The Hall–Kier alpha value is -0.260. The Morgan fingerprint density at radius 2 is 2.19 bits per heavy atom. The van der Waals surface area contributed by atoms with Crippen molar-refractivity contribution in [3.8, 4) is 0 Å². The quantitative estimate of drug-likeness (QED) is 0.844. The van der Waals surface area contributed by atoms with Gasteiger partial charge in [0.25, 0.3) is 0 Å². The number of halogens is 1. The van der Waals surface area contributed by atoms with Crippen molar-refractivity contribution < 1.29 is 4.74 Å². The molecule has 0 spiro atoms. The number of aromatic amines is 1. The molecule has 0 aliphatic carbocycles. The van der Waals surface area contributed by atoms with Crippen LogP contribution in [-0.4, -0.2) is 17.1 Å². The molecule has 16 heavy (non-hydrogen) atoms. The molecule has 1 heterocycles. The second-order valence-electron chi connectivity index (χ2n) is 4.15. The van der Waals surface area contributed by atoms with Crippen molar-refractivity contribution in [2.24, 2.45) is 5.92 Å². The van der Waals surface area contributed by atoms with Crippen LogP contribution >= 0.6 is 28.1 Å². The standard InChI is InChI=1S/C11H17BrN2OS/c1-7(2)4-5-9-13-8(6-15-3)10(12)11(16)14-9/h7H,4-6H2,1-3H3,(H,13,14,16). The van der Waals surface area contributed by atoms with E-state index in [-0.39, 0.29) is 0 Å². The van der Waals surface area contributed by atoms with Gasteiger partial charge in [0.05, 0.1) is 16.8 Å². The number of nitrogens with zero attached hydrogens (tertiary/aromatic N) is 1. The van der Waals surface area contributed by atoms with Crippen molar-refractivity contribution in [3.05, 3.63) is 20.6 Å². The zero-order valence-electron chi connectivity index (χ0n) is 9.84. The lowest BCUT2D eigenvalue weighted by atomic mass is 10.1. The number of methoxy groups -OCH3 is 1. The van der Waals surface area contributed by atoms with Crippen molar-refractivity contribution in [1.82, 2.24) is 9.97 Å². The molecule has 0 radical (unpaired) electrons. The fourth-order valence-corrected chi connectivity index (χ4v) is 1.88. The van der Waals surface area contributed by atoms with Crippen LogP contribution in [0.15, 0.2) is 4.47 Å². The molecule has 0 unspecified atom stereocenters. The second-order valence-corrected chi connectivity index (χ2v) is 5.33. The summed E-state index contributed by atoms with van der Waals surface area (Å²) in [5.74, 6) is 1.60. The maximum absolute atomic E-state index is 5.19. The molecule has 0 aromatic carbocycles. The minimum absolute atomic E-state index is 0.515. The molecule has 3 nitrogen and oxygen atoms in total. The van der Waals surface area contributed by atoms with Gasteiger partial charge in [-0.05, 0) is 28.3 Å². The molecule has 1 rings (SSSR count). The van der Waals surface area contributed by atoms with Gasteiger partial charge in [-0.3, -0.25) is 0 Å². The highest BCUT2D eigenvalue weighted by atomic mass is 79.9. The topological polar surface area (TPSA) is 37.9 Å². The van der Waals surface area contributed by atoms with Gasteiger partial charge in [-0.15, -0.1) is 0 Å². The number of aromatic nitrogens is 2. The molecule has 0 fully saturated rings. The predicted octanol–water partition coefficient (Wildman–Crippen LogP) is 3.64. The van der Waals surface area contributed by atoms with Gasteiger partial charge in [0.2, 0.25) is 0 Å². The highest BCUT2D eigenvalue weighted by Crippen LogP contribution is 2.17. The van der Waals surface area contributed by atoms with Crippen LogP contribution in [0.3, 0.4) is 0 Å². The molecular formula is C11H17BrN2OS. The summed E-state index contributed by atoms with van der Waals surface area (Å²) in [5.41, 5.74) is 0.959. The Morgan fingerprint density at radius 3 is 2.75 bits per heavy atom. The number of nitrogens with one attached hydrogen (secondary N) is 1. The van der Waals surface area contributed by atoms with Crippen LogP contribution in [-0.2, 0) is 17.8 Å². The number of rotatable bonds is 5. The van der Waals surface area contributed by atoms with Gasteiger partial charge in [-0.25, -0.2) is 4.98 Å². The van der Waals surface area contributed by atoms with Gasteiger partial charge in [0.1, 0.15) is 10.5 Å². The SMILES string of the molecule is COCc1[nH]c(CCC(C)C)nc(=S)c1Br. The van der Waals surface area contributed by atoms with E-state index in [9.17, 15) is 0 Å². The smallest absolute Gasteiger partial charge is 0.144 e. The van der Waals surface area contributed by atoms with E-state index in [2.05, 4.69) is 39.7 Å². The monoisotopic (exact) mass is 304 g/mol. The first kappa shape index (κ1) is 13.8. The van der Waals surface area contributed by atoms with Crippen LogP contribution in [0.4, 0.5) is 0 Å². The third kappa shape index (κ3) is 3.96. The van der Waals surface area contributed by atoms with Gasteiger partial charge in [0, 0.05) is 13.5 Å². The van der Waals surface area contributed by atoms with E-state index in [0.717, 1.165) is 28.8 Å².